The number of aromatic hydroxyl groups is 1. The van der Waals surface area contributed by atoms with Crippen molar-refractivity contribution in [3.8, 4) is 5.75 Å². The van der Waals surface area contributed by atoms with E-state index in [1.165, 1.54) is 5.56 Å². The third-order valence-electron chi connectivity index (χ3n) is 5.21. The number of phenols is 1. The van der Waals surface area contributed by atoms with Gasteiger partial charge in [0.25, 0.3) is 5.91 Å². The lowest BCUT2D eigenvalue weighted by Gasteiger charge is -2.32. The van der Waals surface area contributed by atoms with Crippen molar-refractivity contribution in [2.45, 2.75) is 32.2 Å². The molecule has 134 valence electrons. The molecule has 6 heteroatoms. The van der Waals surface area contributed by atoms with Crippen LogP contribution in [0, 0.1) is 0 Å². The van der Waals surface area contributed by atoms with Gasteiger partial charge in [0.2, 0.25) is 0 Å². The van der Waals surface area contributed by atoms with Crippen LogP contribution in [0.2, 0.25) is 0 Å². The van der Waals surface area contributed by atoms with Crippen molar-refractivity contribution in [2.24, 2.45) is 0 Å². The summed E-state index contributed by atoms with van der Waals surface area (Å²) < 4.78 is 1.83. The molecule has 0 bridgehead atoms. The van der Waals surface area contributed by atoms with Crippen molar-refractivity contribution in [2.75, 3.05) is 13.1 Å². The molecule has 0 unspecified atom stereocenters. The van der Waals surface area contributed by atoms with Crippen molar-refractivity contribution < 1.29 is 9.90 Å². The standard InChI is InChI=1S/C20H22N4O2/c1-2-24-19-8-5-16(13-18(19)21-22-24)20(26)23-11-9-15(10-12-23)14-3-6-17(25)7-4-14/h3-8,13,15,25H,2,9-12H2,1H3. The van der Waals surface area contributed by atoms with E-state index in [0.717, 1.165) is 43.5 Å². The number of aryl methyl sites for hydroxylation is 1. The number of hydrogen-bond donors (Lipinski definition) is 1. The van der Waals surface area contributed by atoms with Gasteiger partial charge in [0.1, 0.15) is 11.3 Å². The average Bonchev–Trinajstić information content (AvgIpc) is 3.10. The first-order valence-corrected chi connectivity index (χ1v) is 9.07. The van der Waals surface area contributed by atoms with Crippen LogP contribution in [0.4, 0.5) is 0 Å². The SMILES string of the molecule is CCn1nnc2cc(C(=O)N3CCC(c4ccc(O)cc4)CC3)ccc21. The third kappa shape index (κ3) is 3.03. The Bertz CT molecular complexity index is 925. The minimum absolute atomic E-state index is 0.0575. The number of rotatable bonds is 3. The Hall–Kier alpha value is -2.89. The summed E-state index contributed by atoms with van der Waals surface area (Å²) in [5.74, 6) is 0.783. The molecular formula is C20H22N4O2. The fourth-order valence-corrected chi connectivity index (χ4v) is 3.68. The molecule has 1 N–H and O–H groups in total. The molecule has 3 aromatic rings. The molecular weight excluding hydrogens is 328 g/mol. The normalized spacial score (nSPS) is 15.5. The zero-order valence-electron chi connectivity index (χ0n) is 14.8. The maximum atomic E-state index is 12.8. The van der Waals surface area contributed by atoms with Gasteiger partial charge in [-0.15, -0.1) is 5.10 Å². The summed E-state index contributed by atoms with van der Waals surface area (Å²) in [6.07, 6.45) is 1.87. The molecule has 0 radical (unpaired) electrons. The number of carbonyl (C=O) groups excluding carboxylic acids is 1. The number of hydrogen-bond acceptors (Lipinski definition) is 4. The number of amides is 1. The molecule has 0 saturated carbocycles. The van der Waals surface area contributed by atoms with Gasteiger partial charge in [0, 0.05) is 25.2 Å². The van der Waals surface area contributed by atoms with Gasteiger partial charge in [-0.3, -0.25) is 4.79 Å². The van der Waals surface area contributed by atoms with E-state index in [2.05, 4.69) is 10.3 Å². The summed E-state index contributed by atoms with van der Waals surface area (Å²) in [6, 6.07) is 13.0. The molecule has 1 aromatic heterocycles. The van der Waals surface area contributed by atoms with Crippen molar-refractivity contribution in [3.63, 3.8) is 0 Å². The Labute approximate surface area is 152 Å². The molecule has 1 amide bonds. The minimum Gasteiger partial charge on any atom is -0.508 e. The molecule has 6 nitrogen and oxygen atoms in total. The van der Waals surface area contributed by atoms with Gasteiger partial charge >= 0.3 is 0 Å². The lowest BCUT2D eigenvalue weighted by Crippen LogP contribution is -2.37. The van der Waals surface area contributed by atoms with E-state index >= 15 is 0 Å². The topological polar surface area (TPSA) is 71.2 Å². The zero-order chi connectivity index (χ0) is 18.1. The van der Waals surface area contributed by atoms with Crippen LogP contribution in [-0.4, -0.2) is 44.0 Å². The van der Waals surface area contributed by atoms with E-state index in [0.29, 0.717) is 11.5 Å². The number of nitrogens with zero attached hydrogens (tertiary/aromatic N) is 4. The summed E-state index contributed by atoms with van der Waals surface area (Å²) in [5.41, 5.74) is 3.61. The van der Waals surface area contributed by atoms with E-state index in [1.807, 2.05) is 46.8 Å². The van der Waals surface area contributed by atoms with E-state index in [4.69, 9.17) is 0 Å². The van der Waals surface area contributed by atoms with Crippen molar-refractivity contribution in [3.05, 3.63) is 53.6 Å². The van der Waals surface area contributed by atoms with Gasteiger partial charge in [-0.25, -0.2) is 4.68 Å². The highest BCUT2D eigenvalue weighted by molar-refractivity contribution is 5.97. The predicted molar refractivity (Wildman–Crippen MR) is 99.2 cm³/mol. The predicted octanol–water partition coefficient (Wildman–Crippen LogP) is 3.18. The highest BCUT2D eigenvalue weighted by atomic mass is 16.3. The molecule has 0 spiro atoms. The average molecular weight is 350 g/mol. The van der Waals surface area contributed by atoms with Crippen LogP contribution in [-0.2, 0) is 6.54 Å². The number of piperidine rings is 1. The molecule has 1 saturated heterocycles. The van der Waals surface area contributed by atoms with Gasteiger partial charge in [0.05, 0.1) is 5.52 Å². The Kier molecular flexibility index (Phi) is 4.32. The van der Waals surface area contributed by atoms with Gasteiger partial charge in [-0.1, -0.05) is 17.3 Å². The zero-order valence-corrected chi connectivity index (χ0v) is 14.8. The first-order chi connectivity index (χ1) is 12.7. The van der Waals surface area contributed by atoms with Crippen LogP contribution < -0.4 is 0 Å². The number of likely N-dealkylation sites (tertiary alicyclic amines) is 1. The summed E-state index contributed by atoms with van der Waals surface area (Å²) in [4.78, 5) is 14.8. The van der Waals surface area contributed by atoms with Crippen LogP contribution in [0.25, 0.3) is 11.0 Å². The number of aromatic nitrogens is 3. The van der Waals surface area contributed by atoms with Crippen molar-refractivity contribution in [1.82, 2.24) is 19.9 Å². The second-order valence-corrected chi connectivity index (χ2v) is 6.77. The van der Waals surface area contributed by atoms with Gasteiger partial charge in [-0.2, -0.15) is 0 Å². The summed E-state index contributed by atoms with van der Waals surface area (Å²) in [7, 11) is 0. The maximum absolute atomic E-state index is 12.8. The van der Waals surface area contributed by atoms with Crippen LogP contribution in [0.1, 0.15) is 41.6 Å². The highest BCUT2D eigenvalue weighted by Crippen LogP contribution is 2.29. The molecule has 0 atom stereocenters. The number of carbonyl (C=O) groups is 1. The smallest absolute Gasteiger partial charge is 0.253 e. The lowest BCUT2D eigenvalue weighted by molar-refractivity contribution is 0.0713. The Morgan fingerprint density at radius 3 is 2.58 bits per heavy atom. The van der Waals surface area contributed by atoms with E-state index in [-0.39, 0.29) is 11.7 Å². The van der Waals surface area contributed by atoms with Crippen LogP contribution in [0.15, 0.2) is 42.5 Å². The van der Waals surface area contributed by atoms with E-state index in [1.54, 1.807) is 12.1 Å². The van der Waals surface area contributed by atoms with Crippen molar-refractivity contribution >= 4 is 16.9 Å². The fourth-order valence-electron chi connectivity index (χ4n) is 3.68. The second-order valence-electron chi connectivity index (χ2n) is 6.77. The molecule has 1 aliphatic heterocycles. The first-order valence-electron chi connectivity index (χ1n) is 9.07. The molecule has 0 aliphatic carbocycles. The summed E-state index contributed by atoms with van der Waals surface area (Å²) >= 11 is 0. The molecule has 1 fully saturated rings. The highest BCUT2D eigenvalue weighted by Gasteiger charge is 2.25. The Balaban J connectivity index is 1.45. The summed E-state index contributed by atoms with van der Waals surface area (Å²) in [5, 5.41) is 17.7. The third-order valence-corrected chi connectivity index (χ3v) is 5.21. The van der Waals surface area contributed by atoms with Gasteiger partial charge in [-0.05, 0) is 61.6 Å². The quantitative estimate of drug-likeness (QED) is 0.787. The second kappa shape index (κ2) is 6.78. The largest absolute Gasteiger partial charge is 0.508 e. The number of phenolic OH excluding ortho intramolecular Hbond substituents is 1. The van der Waals surface area contributed by atoms with Crippen LogP contribution in [0.5, 0.6) is 5.75 Å². The maximum Gasteiger partial charge on any atom is 0.253 e. The van der Waals surface area contributed by atoms with Crippen molar-refractivity contribution in [1.29, 1.82) is 0 Å². The fraction of sp³-hybridized carbons (Fsp3) is 0.350. The summed E-state index contributed by atoms with van der Waals surface area (Å²) in [6.45, 7) is 4.26. The lowest BCUT2D eigenvalue weighted by atomic mass is 9.89. The molecule has 4 rings (SSSR count). The number of benzene rings is 2. The van der Waals surface area contributed by atoms with E-state index in [9.17, 15) is 9.90 Å². The minimum atomic E-state index is 0.0575. The van der Waals surface area contributed by atoms with Crippen LogP contribution in [0.3, 0.4) is 0 Å². The molecule has 26 heavy (non-hydrogen) atoms. The first kappa shape index (κ1) is 16.6. The molecule has 2 aromatic carbocycles. The Morgan fingerprint density at radius 2 is 1.88 bits per heavy atom. The molecule has 2 heterocycles. The Morgan fingerprint density at radius 1 is 1.15 bits per heavy atom. The van der Waals surface area contributed by atoms with E-state index < -0.39 is 0 Å². The number of fused-ring (bicyclic) bond motifs is 1. The van der Waals surface area contributed by atoms with Gasteiger partial charge < -0.3 is 10.0 Å². The van der Waals surface area contributed by atoms with Gasteiger partial charge in [0.15, 0.2) is 0 Å². The molecule has 1 aliphatic rings. The van der Waals surface area contributed by atoms with Crippen LogP contribution >= 0.6 is 0 Å². The monoisotopic (exact) mass is 350 g/mol.